The Labute approximate surface area is 216 Å². The average Bonchev–Trinajstić information content (AvgIpc) is 3.18. The number of rotatable bonds is 7. The molecule has 13 heteroatoms. The Balaban J connectivity index is 1.82. The summed E-state index contributed by atoms with van der Waals surface area (Å²) >= 11 is 1.87. The zero-order valence-electron chi connectivity index (χ0n) is 18.4. The number of hydrogen-bond acceptors (Lipinski definition) is 8. The molecule has 0 radical (unpaired) electrons. The molecule has 0 saturated carbocycles. The molecule has 0 spiro atoms. The first kappa shape index (κ1) is 25.2. The van der Waals surface area contributed by atoms with Crippen molar-refractivity contribution in [3.63, 3.8) is 0 Å². The molecule has 4 rings (SSSR count). The highest BCUT2D eigenvalue weighted by Gasteiger charge is 2.60. The van der Waals surface area contributed by atoms with Gasteiger partial charge in [0.25, 0.3) is 5.56 Å². The lowest BCUT2D eigenvalue weighted by atomic mass is 10.1. The van der Waals surface area contributed by atoms with Crippen LogP contribution < -0.4 is 11.2 Å². The fourth-order valence-electron chi connectivity index (χ4n) is 3.69. The third kappa shape index (κ3) is 5.03. The molecule has 36 heavy (non-hydrogen) atoms. The summed E-state index contributed by atoms with van der Waals surface area (Å²) in [5.41, 5.74) is 6.31. The highest BCUT2D eigenvalue weighted by atomic mass is 127. The summed E-state index contributed by atoms with van der Waals surface area (Å²) in [6.45, 7) is 0. The lowest BCUT2D eigenvalue weighted by molar-refractivity contribution is -0.0887. The molecule has 4 atom stereocenters. The number of nitrogens with zero attached hydrogens (tertiary/aromatic N) is 4. The SMILES string of the molecule is [N-]=[N+]=N[C@@]1(CI)O[C@H](n2ccc(=O)[nH]c2=O)[C@@H](OC(=O)c2ccccc2)[C@H]1OC(=O)c1ccccc1. The minimum absolute atomic E-state index is 0.0322. The number of H-pyrrole nitrogens is 1. The van der Waals surface area contributed by atoms with Gasteiger partial charge in [-0.15, -0.1) is 0 Å². The van der Waals surface area contributed by atoms with Gasteiger partial charge in [0.05, 0.1) is 11.1 Å². The van der Waals surface area contributed by atoms with E-state index in [1.54, 1.807) is 36.4 Å². The van der Waals surface area contributed by atoms with Crippen LogP contribution in [0.15, 0.2) is 87.6 Å². The predicted octanol–water partition coefficient (Wildman–Crippen LogP) is 2.96. The van der Waals surface area contributed by atoms with Gasteiger partial charge in [-0.3, -0.25) is 14.3 Å². The van der Waals surface area contributed by atoms with E-state index in [1.807, 2.05) is 22.6 Å². The minimum Gasteiger partial charge on any atom is -0.451 e. The van der Waals surface area contributed by atoms with Gasteiger partial charge in [-0.2, -0.15) is 0 Å². The number of aromatic nitrogens is 2. The van der Waals surface area contributed by atoms with Crippen molar-refractivity contribution in [3.8, 4) is 0 Å². The maximum Gasteiger partial charge on any atom is 0.338 e. The van der Waals surface area contributed by atoms with Crippen LogP contribution in [0.3, 0.4) is 0 Å². The van der Waals surface area contributed by atoms with E-state index in [0.29, 0.717) is 0 Å². The van der Waals surface area contributed by atoms with Crippen molar-refractivity contribution in [2.45, 2.75) is 24.2 Å². The summed E-state index contributed by atoms with van der Waals surface area (Å²) in [5.74, 6) is -1.58. The van der Waals surface area contributed by atoms with Gasteiger partial charge in [0.2, 0.25) is 0 Å². The third-order valence-electron chi connectivity index (χ3n) is 5.38. The number of nitrogens with one attached hydrogen (secondary N) is 1. The number of aromatic amines is 1. The maximum atomic E-state index is 13.0. The molecule has 2 aromatic carbocycles. The lowest BCUT2D eigenvalue weighted by Gasteiger charge is -2.28. The number of benzene rings is 2. The van der Waals surface area contributed by atoms with Crippen LogP contribution in [-0.2, 0) is 14.2 Å². The molecule has 1 aliphatic heterocycles. The van der Waals surface area contributed by atoms with E-state index < -0.39 is 47.3 Å². The van der Waals surface area contributed by atoms with E-state index in [2.05, 4.69) is 15.0 Å². The number of carbonyl (C=O) groups is 2. The second kappa shape index (κ2) is 10.8. The van der Waals surface area contributed by atoms with Crippen molar-refractivity contribution >= 4 is 34.5 Å². The summed E-state index contributed by atoms with van der Waals surface area (Å²) in [7, 11) is 0. The molecular formula is C23H18IN5O7. The Hall–Kier alpha value is -3.94. The summed E-state index contributed by atoms with van der Waals surface area (Å²) < 4.78 is 18.4. The van der Waals surface area contributed by atoms with E-state index in [4.69, 9.17) is 14.2 Å². The summed E-state index contributed by atoms with van der Waals surface area (Å²) in [4.78, 5) is 55.2. The summed E-state index contributed by atoms with van der Waals surface area (Å²) in [6, 6.07) is 17.1. The van der Waals surface area contributed by atoms with Crippen LogP contribution in [0.4, 0.5) is 0 Å². The largest absolute Gasteiger partial charge is 0.451 e. The first-order valence-electron chi connectivity index (χ1n) is 10.5. The number of azide groups is 1. The Kier molecular flexibility index (Phi) is 7.52. The zero-order valence-corrected chi connectivity index (χ0v) is 20.5. The molecule has 1 aliphatic rings. The Morgan fingerprint density at radius 2 is 1.61 bits per heavy atom. The van der Waals surface area contributed by atoms with Crippen molar-refractivity contribution in [2.75, 3.05) is 4.43 Å². The first-order valence-corrected chi connectivity index (χ1v) is 12.0. The molecule has 1 aromatic heterocycles. The molecular weight excluding hydrogens is 585 g/mol. The monoisotopic (exact) mass is 603 g/mol. The van der Waals surface area contributed by atoms with Gasteiger partial charge < -0.3 is 14.2 Å². The third-order valence-corrected chi connectivity index (χ3v) is 6.47. The van der Waals surface area contributed by atoms with Gasteiger partial charge in [0.15, 0.2) is 24.2 Å². The molecule has 0 bridgehead atoms. The molecule has 12 nitrogen and oxygen atoms in total. The van der Waals surface area contributed by atoms with E-state index in [9.17, 15) is 24.7 Å². The molecule has 3 aromatic rings. The standard InChI is InChI=1S/C23H18IN5O7/c24-13-23(27-28-25)18(35-21(32)15-9-5-2-6-10-15)17(34-20(31)14-7-3-1-4-8-14)19(36-23)29-12-11-16(30)26-22(29)33/h1-12,17-19H,13H2,(H,26,30,33)/t17-,18+,19-,23-/m0/s1. The highest BCUT2D eigenvalue weighted by molar-refractivity contribution is 14.1. The van der Waals surface area contributed by atoms with Crippen LogP contribution in [0.5, 0.6) is 0 Å². The second-order valence-electron chi connectivity index (χ2n) is 7.62. The smallest absolute Gasteiger partial charge is 0.338 e. The maximum absolute atomic E-state index is 13.0. The van der Waals surface area contributed by atoms with Crippen molar-refractivity contribution in [1.29, 1.82) is 0 Å². The number of ether oxygens (including phenoxy) is 3. The molecule has 0 amide bonds. The van der Waals surface area contributed by atoms with Crippen LogP contribution in [0, 0.1) is 0 Å². The van der Waals surface area contributed by atoms with Crippen LogP contribution in [-0.4, -0.2) is 43.9 Å². The molecule has 2 heterocycles. The van der Waals surface area contributed by atoms with Gasteiger partial charge in [0, 0.05) is 21.6 Å². The average molecular weight is 603 g/mol. The van der Waals surface area contributed by atoms with Crippen LogP contribution in [0.1, 0.15) is 26.9 Å². The lowest BCUT2D eigenvalue weighted by Crippen LogP contribution is -2.47. The fraction of sp³-hybridized carbons (Fsp3) is 0.217. The van der Waals surface area contributed by atoms with Gasteiger partial charge >= 0.3 is 17.6 Å². The summed E-state index contributed by atoms with van der Waals surface area (Å²) in [5, 5.41) is 3.75. The summed E-state index contributed by atoms with van der Waals surface area (Å²) in [6.07, 6.45) is -3.15. The van der Waals surface area contributed by atoms with Crippen molar-refractivity contribution in [1.82, 2.24) is 9.55 Å². The molecule has 1 fully saturated rings. The van der Waals surface area contributed by atoms with Crippen molar-refractivity contribution in [3.05, 3.63) is 115 Å². The number of alkyl halides is 1. The van der Waals surface area contributed by atoms with Gasteiger partial charge in [-0.25, -0.2) is 14.4 Å². The molecule has 0 unspecified atom stereocenters. The van der Waals surface area contributed by atoms with Crippen LogP contribution in [0.25, 0.3) is 10.4 Å². The predicted molar refractivity (Wildman–Crippen MR) is 133 cm³/mol. The Morgan fingerprint density at radius 1 is 1.03 bits per heavy atom. The molecule has 1 saturated heterocycles. The highest BCUT2D eigenvalue weighted by Crippen LogP contribution is 2.43. The molecule has 1 N–H and O–H groups in total. The quantitative estimate of drug-likeness (QED) is 0.108. The number of hydrogen-bond donors (Lipinski definition) is 1. The fourth-order valence-corrected chi connectivity index (χ4v) is 4.45. The van der Waals surface area contributed by atoms with Crippen molar-refractivity contribution in [2.24, 2.45) is 5.11 Å². The van der Waals surface area contributed by atoms with Gasteiger partial charge in [0.1, 0.15) is 0 Å². The van der Waals surface area contributed by atoms with E-state index in [1.165, 1.54) is 24.3 Å². The molecule has 0 aliphatic carbocycles. The van der Waals surface area contributed by atoms with E-state index >= 15 is 0 Å². The second-order valence-corrected chi connectivity index (χ2v) is 8.38. The number of esters is 2. The van der Waals surface area contributed by atoms with Gasteiger partial charge in [-0.05, 0) is 29.8 Å². The Bertz CT molecular complexity index is 1420. The van der Waals surface area contributed by atoms with E-state index in [-0.39, 0.29) is 15.6 Å². The normalized spacial score (nSPS) is 22.9. The van der Waals surface area contributed by atoms with E-state index in [0.717, 1.165) is 16.8 Å². The molecule has 184 valence electrons. The van der Waals surface area contributed by atoms with Crippen molar-refractivity contribution < 1.29 is 23.8 Å². The topological polar surface area (TPSA) is 165 Å². The zero-order chi connectivity index (χ0) is 25.7. The first-order chi connectivity index (χ1) is 17.4. The minimum atomic E-state index is -1.85. The Morgan fingerprint density at radius 3 is 2.14 bits per heavy atom. The number of carbonyl (C=O) groups excluding carboxylic acids is 2. The van der Waals surface area contributed by atoms with Gasteiger partial charge in [-0.1, -0.05) is 64.1 Å². The van der Waals surface area contributed by atoms with Crippen LogP contribution >= 0.6 is 22.6 Å². The number of halogens is 1. The van der Waals surface area contributed by atoms with Crippen LogP contribution in [0.2, 0.25) is 0 Å².